The van der Waals surface area contributed by atoms with Crippen LogP contribution in [0.5, 0.6) is 0 Å². The molecule has 0 saturated carbocycles. The summed E-state index contributed by atoms with van der Waals surface area (Å²) in [5, 5.41) is 17.4. The fraction of sp³-hybridized carbons (Fsp3) is 0.560. The van der Waals surface area contributed by atoms with Gasteiger partial charge >= 0.3 is 5.97 Å². The van der Waals surface area contributed by atoms with Crippen molar-refractivity contribution in [2.75, 3.05) is 0 Å². The van der Waals surface area contributed by atoms with Gasteiger partial charge in [-0.3, -0.25) is 19.2 Å². The lowest BCUT2D eigenvalue weighted by atomic mass is 9.94. The molecule has 8 N–H and O–H groups in total. The quantitative estimate of drug-likeness (QED) is 0.194. The minimum atomic E-state index is -1.22. The molecule has 1 aromatic rings. The molecular formula is C25H39N5O6. The Balaban J connectivity index is 3.05. The highest BCUT2D eigenvalue weighted by molar-refractivity contribution is 5.95. The summed E-state index contributed by atoms with van der Waals surface area (Å²) in [7, 11) is 0. The van der Waals surface area contributed by atoms with Crippen LogP contribution in [-0.2, 0) is 30.4 Å². The molecule has 0 bridgehead atoms. The number of amides is 4. The number of carbonyl (C=O) groups excluding carboxylic acids is 4. The van der Waals surface area contributed by atoms with Gasteiger partial charge in [0.05, 0.1) is 12.5 Å². The molecule has 0 heterocycles. The van der Waals surface area contributed by atoms with E-state index in [0.717, 1.165) is 5.56 Å². The van der Waals surface area contributed by atoms with E-state index in [0.29, 0.717) is 12.8 Å². The number of nitrogens with two attached hydrogens (primary N) is 2. The van der Waals surface area contributed by atoms with E-state index in [1.165, 1.54) is 0 Å². The highest BCUT2D eigenvalue weighted by atomic mass is 16.4. The first kappa shape index (κ1) is 30.6. The number of primary amides is 1. The second kappa shape index (κ2) is 14.8. The maximum absolute atomic E-state index is 13.2. The number of carboxylic acid groups (broad SMARTS) is 1. The van der Waals surface area contributed by atoms with Crippen LogP contribution in [0.15, 0.2) is 30.3 Å². The van der Waals surface area contributed by atoms with E-state index in [9.17, 15) is 29.1 Å². The lowest BCUT2D eigenvalue weighted by Crippen LogP contribution is -2.60. The Morgan fingerprint density at radius 2 is 1.31 bits per heavy atom. The van der Waals surface area contributed by atoms with Crippen LogP contribution in [0.1, 0.15) is 52.5 Å². The maximum atomic E-state index is 13.2. The monoisotopic (exact) mass is 505 g/mol. The molecule has 11 nitrogen and oxygen atoms in total. The van der Waals surface area contributed by atoms with Crippen LogP contribution in [0.4, 0.5) is 0 Å². The summed E-state index contributed by atoms with van der Waals surface area (Å²) in [6.45, 7) is 7.19. The molecule has 4 amide bonds. The fourth-order valence-corrected chi connectivity index (χ4v) is 3.53. The zero-order valence-electron chi connectivity index (χ0n) is 21.3. The molecule has 0 saturated heterocycles. The molecule has 0 aliphatic heterocycles. The third-order valence-corrected chi connectivity index (χ3v) is 6.24. The number of nitrogens with one attached hydrogen (secondary N) is 3. The van der Waals surface area contributed by atoms with Gasteiger partial charge < -0.3 is 32.5 Å². The van der Waals surface area contributed by atoms with Crippen molar-refractivity contribution in [3.63, 3.8) is 0 Å². The Morgan fingerprint density at radius 1 is 0.833 bits per heavy atom. The van der Waals surface area contributed by atoms with Crippen LogP contribution >= 0.6 is 0 Å². The first-order chi connectivity index (χ1) is 16.9. The zero-order chi connectivity index (χ0) is 27.4. The summed E-state index contributed by atoms with van der Waals surface area (Å²) in [6, 6.07) is 4.40. The van der Waals surface area contributed by atoms with Crippen molar-refractivity contribution < 1.29 is 29.1 Å². The Kier molecular flexibility index (Phi) is 12.6. The highest BCUT2D eigenvalue weighted by Gasteiger charge is 2.34. The van der Waals surface area contributed by atoms with Crippen LogP contribution in [0.25, 0.3) is 0 Å². The van der Waals surface area contributed by atoms with Gasteiger partial charge in [0, 0.05) is 6.42 Å². The minimum Gasteiger partial charge on any atom is -0.480 e. The van der Waals surface area contributed by atoms with E-state index in [1.54, 1.807) is 44.2 Å². The number of rotatable bonds is 15. The average molecular weight is 506 g/mol. The zero-order valence-corrected chi connectivity index (χ0v) is 21.3. The van der Waals surface area contributed by atoms with Gasteiger partial charge in [0.15, 0.2) is 0 Å². The summed E-state index contributed by atoms with van der Waals surface area (Å²) in [6.07, 6.45) is 0.753. The third kappa shape index (κ3) is 9.65. The minimum absolute atomic E-state index is 0.0758. The predicted octanol–water partition coefficient (Wildman–Crippen LogP) is 0.0630. The summed E-state index contributed by atoms with van der Waals surface area (Å²) in [4.78, 5) is 61.7. The molecule has 0 fully saturated rings. The first-order valence-corrected chi connectivity index (χ1v) is 12.1. The predicted molar refractivity (Wildman–Crippen MR) is 134 cm³/mol. The van der Waals surface area contributed by atoms with Crippen molar-refractivity contribution in [1.82, 2.24) is 16.0 Å². The first-order valence-electron chi connectivity index (χ1n) is 12.1. The number of carbonyl (C=O) groups is 5. The van der Waals surface area contributed by atoms with Crippen molar-refractivity contribution >= 4 is 29.6 Å². The van der Waals surface area contributed by atoms with Crippen molar-refractivity contribution in [1.29, 1.82) is 0 Å². The molecule has 1 aromatic carbocycles. The van der Waals surface area contributed by atoms with E-state index >= 15 is 0 Å². The third-order valence-electron chi connectivity index (χ3n) is 6.24. The van der Waals surface area contributed by atoms with E-state index in [4.69, 9.17) is 11.5 Å². The standard InChI is InChI=1S/C25H39N5O6/c1-5-14(3)20(23(33)28-18(25(35)36)12-16-10-8-7-9-11-16)30-24(34)21(15(4)6-2)29-22(32)17(26)13-19(27)31/h7-11,14-15,17-18,20-21H,5-6,12-13,26H2,1-4H3,(H2,27,31)(H,28,33)(H,29,32)(H,30,34)(H,35,36). The maximum Gasteiger partial charge on any atom is 0.326 e. The molecule has 0 spiro atoms. The average Bonchev–Trinajstić information content (AvgIpc) is 2.84. The van der Waals surface area contributed by atoms with Gasteiger partial charge in [-0.2, -0.15) is 0 Å². The molecule has 6 unspecified atom stereocenters. The van der Waals surface area contributed by atoms with E-state index in [1.807, 2.05) is 13.8 Å². The Bertz CT molecular complexity index is 909. The second-order valence-corrected chi connectivity index (χ2v) is 9.11. The largest absolute Gasteiger partial charge is 0.480 e. The fourth-order valence-electron chi connectivity index (χ4n) is 3.53. The molecule has 6 atom stereocenters. The SMILES string of the molecule is CCC(C)C(NC(=O)C(N)CC(N)=O)C(=O)NC(C(=O)NC(Cc1ccccc1)C(=O)O)C(C)CC. The van der Waals surface area contributed by atoms with Crippen molar-refractivity contribution in [3.05, 3.63) is 35.9 Å². The van der Waals surface area contributed by atoms with Crippen molar-refractivity contribution in [2.45, 2.75) is 77.5 Å². The Hall–Kier alpha value is -3.47. The lowest BCUT2D eigenvalue weighted by molar-refractivity contribution is -0.142. The highest BCUT2D eigenvalue weighted by Crippen LogP contribution is 2.13. The van der Waals surface area contributed by atoms with Gasteiger partial charge in [-0.05, 0) is 17.4 Å². The molecule has 0 aliphatic carbocycles. The summed E-state index contributed by atoms with van der Waals surface area (Å²) in [5.41, 5.74) is 11.5. The molecule has 1 rings (SSSR count). The molecule has 0 radical (unpaired) electrons. The van der Waals surface area contributed by atoms with Crippen molar-refractivity contribution in [3.8, 4) is 0 Å². The lowest BCUT2D eigenvalue weighted by Gasteiger charge is -2.30. The van der Waals surface area contributed by atoms with E-state index in [-0.39, 0.29) is 24.7 Å². The number of aliphatic carboxylic acids is 1. The smallest absolute Gasteiger partial charge is 0.326 e. The Labute approximate surface area is 211 Å². The number of hydrogen-bond acceptors (Lipinski definition) is 6. The van der Waals surface area contributed by atoms with Gasteiger partial charge in [-0.15, -0.1) is 0 Å². The van der Waals surface area contributed by atoms with Crippen LogP contribution in [0, 0.1) is 11.8 Å². The van der Waals surface area contributed by atoms with Crippen LogP contribution < -0.4 is 27.4 Å². The van der Waals surface area contributed by atoms with Gasteiger partial charge in [0.1, 0.15) is 18.1 Å². The Morgan fingerprint density at radius 3 is 1.75 bits per heavy atom. The van der Waals surface area contributed by atoms with Gasteiger partial charge in [0.2, 0.25) is 23.6 Å². The summed E-state index contributed by atoms with van der Waals surface area (Å²) < 4.78 is 0. The van der Waals surface area contributed by atoms with E-state index < -0.39 is 53.8 Å². The second-order valence-electron chi connectivity index (χ2n) is 9.11. The molecule has 36 heavy (non-hydrogen) atoms. The number of benzene rings is 1. The van der Waals surface area contributed by atoms with Crippen LogP contribution in [-0.4, -0.2) is 58.9 Å². The normalized spacial score (nSPS) is 15.9. The van der Waals surface area contributed by atoms with Gasteiger partial charge in [0.25, 0.3) is 0 Å². The number of carboxylic acids is 1. The summed E-state index contributed by atoms with van der Waals surface area (Å²) in [5.74, 6) is -4.56. The van der Waals surface area contributed by atoms with Crippen LogP contribution in [0.3, 0.4) is 0 Å². The molecular weight excluding hydrogens is 466 g/mol. The van der Waals surface area contributed by atoms with Gasteiger partial charge in [-0.25, -0.2) is 4.79 Å². The van der Waals surface area contributed by atoms with Crippen LogP contribution in [0.2, 0.25) is 0 Å². The molecule has 11 heteroatoms. The molecule has 0 aromatic heterocycles. The summed E-state index contributed by atoms with van der Waals surface area (Å²) >= 11 is 0. The molecule has 0 aliphatic rings. The van der Waals surface area contributed by atoms with Gasteiger partial charge in [-0.1, -0.05) is 70.9 Å². The van der Waals surface area contributed by atoms with Crippen molar-refractivity contribution in [2.24, 2.45) is 23.3 Å². The topological polar surface area (TPSA) is 194 Å². The molecule has 200 valence electrons. The number of hydrogen-bond donors (Lipinski definition) is 6. The van der Waals surface area contributed by atoms with E-state index in [2.05, 4.69) is 16.0 Å².